The van der Waals surface area contributed by atoms with Gasteiger partial charge in [0.2, 0.25) is 5.91 Å². The predicted molar refractivity (Wildman–Crippen MR) is 87.9 cm³/mol. The van der Waals surface area contributed by atoms with Crippen LogP contribution in [0, 0.1) is 0 Å². The molecule has 5 heteroatoms. The maximum atomic E-state index is 12.1. The van der Waals surface area contributed by atoms with E-state index in [2.05, 4.69) is 17.4 Å². The van der Waals surface area contributed by atoms with E-state index in [0.29, 0.717) is 19.0 Å². The minimum atomic E-state index is 0.126. The minimum absolute atomic E-state index is 0.126. The lowest BCUT2D eigenvalue weighted by atomic mass is 9.89. The van der Waals surface area contributed by atoms with E-state index < -0.39 is 0 Å². The van der Waals surface area contributed by atoms with Crippen LogP contribution >= 0.6 is 11.8 Å². The quantitative estimate of drug-likeness (QED) is 0.904. The van der Waals surface area contributed by atoms with Gasteiger partial charge in [0.1, 0.15) is 0 Å². The second-order valence-corrected chi connectivity index (χ2v) is 6.86. The maximum absolute atomic E-state index is 12.1. The summed E-state index contributed by atoms with van der Waals surface area (Å²) in [6, 6.07) is 10.5. The minimum Gasteiger partial charge on any atom is -0.373 e. The zero-order chi connectivity index (χ0) is 15.2. The van der Waals surface area contributed by atoms with Gasteiger partial charge in [0.15, 0.2) is 0 Å². The molecule has 0 unspecified atom stereocenters. The number of nitrogens with one attached hydrogen (secondary N) is 1. The number of rotatable bonds is 5. The summed E-state index contributed by atoms with van der Waals surface area (Å²) in [5.74, 6) is 1.51. The van der Waals surface area contributed by atoms with Gasteiger partial charge in [-0.3, -0.25) is 4.79 Å². The Balaban J connectivity index is 1.37. The van der Waals surface area contributed by atoms with Crippen molar-refractivity contribution in [2.75, 3.05) is 19.0 Å². The Labute approximate surface area is 135 Å². The van der Waals surface area contributed by atoms with Crippen molar-refractivity contribution in [2.24, 2.45) is 0 Å². The first-order valence-corrected chi connectivity index (χ1v) is 9.11. The second kappa shape index (κ2) is 7.99. The molecule has 1 saturated carbocycles. The molecule has 1 amide bonds. The van der Waals surface area contributed by atoms with Gasteiger partial charge in [-0.1, -0.05) is 30.3 Å². The van der Waals surface area contributed by atoms with Crippen molar-refractivity contribution in [1.82, 2.24) is 5.32 Å². The van der Waals surface area contributed by atoms with Crippen LogP contribution in [-0.2, 0) is 20.0 Å². The molecule has 1 N–H and O–H groups in total. The van der Waals surface area contributed by atoms with Crippen LogP contribution in [0.4, 0.5) is 0 Å². The highest BCUT2D eigenvalue weighted by Gasteiger charge is 2.34. The number of hydrogen-bond donors (Lipinski definition) is 1. The summed E-state index contributed by atoms with van der Waals surface area (Å²) < 4.78 is 11.5. The molecule has 0 aromatic heterocycles. The molecule has 2 fully saturated rings. The van der Waals surface area contributed by atoms with Gasteiger partial charge in [-0.25, -0.2) is 0 Å². The van der Waals surface area contributed by atoms with Crippen LogP contribution in [0.1, 0.15) is 24.8 Å². The summed E-state index contributed by atoms with van der Waals surface area (Å²) in [5, 5.41) is 3.14. The lowest BCUT2D eigenvalue weighted by Gasteiger charge is -2.39. The van der Waals surface area contributed by atoms with Gasteiger partial charge in [-0.15, -0.1) is 11.8 Å². The normalized spacial score (nSPS) is 27.9. The van der Waals surface area contributed by atoms with E-state index in [0.717, 1.165) is 25.0 Å². The fourth-order valence-electron chi connectivity index (χ4n) is 3.10. The van der Waals surface area contributed by atoms with Crippen LogP contribution < -0.4 is 5.32 Å². The number of hydrogen-bond acceptors (Lipinski definition) is 4. The third kappa shape index (κ3) is 4.48. The van der Waals surface area contributed by atoms with E-state index in [4.69, 9.17) is 9.47 Å². The molecule has 1 aliphatic carbocycles. The fraction of sp³-hybridized carbons (Fsp3) is 0.588. The molecule has 1 aromatic rings. The Morgan fingerprint density at radius 2 is 1.91 bits per heavy atom. The first kappa shape index (κ1) is 15.8. The van der Waals surface area contributed by atoms with Gasteiger partial charge in [-0.05, 0) is 24.8 Å². The molecule has 120 valence electrons. The molecule has 1 aliphatic heterocycles. The molecule has 1 aromatic carbocycles. The van der Waals surface area contributed by atoms with Crippen LogP contribution in [0.3, 0.4) is 0 Å². The molecule has 2 aliphatic rings. The molecule has 22 heavy (non-hydrogen) atoms. The summed E-state index contributed by atoms with van der Waals surface area (Å²) in [5.41, 5.74) is 1.26. The van der Waals surface area contributed by atoms with Crippen molar-refractivity contribution in [3.8, 4) is 0 Å². The largest absolute Gasteiger partial charge is 0.373 e. The Bertz CT molecular complexity index is 482. The zero-order valence-electron chi connectivity index (χ0n) is 12.7. The number of carbonyl (C=O) groups is 1. The molecule has 4 nitrogen and oxygen atoms in total. The van der Waals surface area contributed by atoms with Crippen molar-refractivity contribution in [3.05, 3.63) is 35.9 Å². The van der Waals surface area contributed by atoms with Crippen molar-refractivity contribution in [2.45, 2.75) is 43.3 Å². The Kier molecular flexibility index (Phi) is 5.76. The van der Waals surface area contributed by atoms with E-state index in [1.807, 2.05) is 18.2 Å². The van der Waals surface area contributed by atoms with Crippen molar-refractivity contribution in [1.29, 1.82) is 0 Å². The highest BCUT2D eigenvalue weighted by Crippen LogP contribution is 2.26. The van der Waals surface area contributed by atoms with Crippen LogP contribution in [0.5, 0.6) is 0 Å². The Morgan fingerprint density at radius 3 is 2.73 bits per heavy atom. The monoisotopic (exact) mass is 321 g/mol. The van der Waals surface area contributed by atoms with E-state index in [1.165, 1.54) is 5.56 Å². The van der Waals surface area contributed by atoms with Crippen LogP contribution in [0.25, 0.3) is 0 Å². The smallest absolute Gasteiger partial charge is 0.230 e. The topological polar surface area (TPSA) is 47.6 Å². The predicted octanol–water partition coefficient (Wildman–Crippen LogP) is 2.37. The highest BCUT2D eigenvalue weighted by atomic mass is 32.2. The number of ether oxygens (including phenoxy) is 2. The Hall–Kier alpha value is -1.04. The van der Waals surface area contributed by atoms with Crippen LogP contribution in [0.15, 0.2) is 30.3 Å². The van der Waals surface area contributed by atoms with Crippen molar-refractivity contribution < 1.29 is 14.3 Å². The third-order valence-electron chi connectivity index (χ3n) is 4.19. The van der Waals surface area contributed by atoms with E-state index >= 15 is 0 Å². The summed E-state index contributed by atoms with van der Waals surface area (Å²) in [7, 11) is 0. The number of thioether (sulfide) groups is 1. The maximum Gasteiger partial charge on any atom is 0.230 e. The molecular formula is C17H23NO3S. The number of benzene rings is 1. The average Bonchev–Trinajstić information content (AvgIpc) is 2.56. The number of amides is 1. The summed E-state index contributed by atoms with van der Waals surface area (Å²) >= 11 is 1.66. The van der Waals surface area contributed by atoms with Gasteiger partial charge in [-0.2, -0.15) is 0 Å². The van der Waals surface area contributed by atoms with Crippen LogP contribution in [0.2, 0.25) is 0 Å². The number of fused-ring (bicyclic) bond motifs is 1. The standard InChI is InChI=1S/C17H23NO3S/c19-17(12-22-11-13-4-2-1-3-5-13)18-14-6-7-15-16(10-14)21-9-8-20-15/h1-5,14-16H,6-12H2,(H,18,19)/t14-,15-,16-/m1/s1. The summed E-state index contributed by atoms with van der Waals surface area (Å²) in [6.07, 6.45) is 3.23. The average molecular weight is 321 g/mol. The molecule has 0 spiro atoms. The third-order valence-corrected chi connectivity index (χ3v) is 5.19. The first-order chi connectivity index (χ1) is 10.8. The lowest BCUT2D eigenvalue weighted by molar-refractivity contribution is -0.158. The van der Waals surface area contributed by atoms with Gasteiger partial charge in [0, 0.05) is 11.8 Å². The lowest BCUT2D eigenvalue weighted by Crippen LogP contribution is -2.49. The second-order valence-electron chi connectivity index (χ2n) is 5.87. The van der Waals surface area contributed by atoms with Crippen LogP contribution in [-0.4, -0.2) is 43.1 Å². The number of carbonyl (C=O) groups excluding carboxylic acids is 1. The molecule has 3 rings (SSSR count). The van der Waals surface area contributed by atoms with Gasteiger partial charge >= 0.3 is 0 Å². The molecule has 3 atom stereocenters. The summed E-state index contributed by atoms with van der Waals surface area (Å²) in [6.45, 7) is 1.38. The summed E-state index contributed by atoms with van der Waals surface area (Å²) in [4.78, 5) is 12.1. The molecule has 0 bridgehead atoms. The van der Waals surface area contributed by atoms with E-state index in [-0.39, 0.29) is 24.2 Å². The zero-order valence-corrected chi connectivity index (χ0v) is 13.5. The fourth-order valence-corrected chi connectivity index (χ4v) is 3.90. The van der Waals surface area contributed by atoms with Gasteiger partial charge in [0.05, 0.1) is 31.2 Å². The Morgan fingerprint density at radius 1 is 1.14 bits per heavy atom. The molecule has 0 radical (unpaired) electrons. The highest BCUT2D eigenvalue weighted by molar-refractivity contribution is 7.99. The van der Waals surface area contributed by atoms with E-state index in [1.54, 1.807) is 11.8 Å². The molecule has 1 heterocycles. The molecular weight excluding hydrogens is 298 g/mol. The van der Waals surface area contributed by atoms with Gasteiger partial charge in [0.25, 0.3) is 0 Å². The molecule has 1 saturated heterocycles. The first-order valence-electron chi connectivity index (χ1n) is 7.95. The SMILES string of the molecule is O=C(CSCc1ccccc1)N[C@@H]1CC[C@H]2OCCO[C@@H]2C1. The van der Waals surface area contributed by atoms with Crippen molar-refractivity contribution >= 4 is 17.7 Å². The van der Waals surface area contributed by atoms with E-state index in [9.17, 15) is 4.79 Å². The van der Waals surface area contributed by atoms with Crippen molar-refractivity contribution in [3.63, 3.8) is 0 Å². The van der Waals surface area contributed by atoms with Gasteiger partial charge < -0.3 is 14.8 Å².